The molecule has 76 valence electrons. The molecule has 0 saturated carbocycles. The summed E-state index contributed by atoms with van der Waals surface area (Å²) in [7, 11) is 0. The Hall–Kier alpha value is -0.820. The van der Waals surface area contributed by atoms with Crippen molar-refractivity contribution in [2.75, 3.05) is 6.54 Å². The number of benzene rings is 1. The molecular weight excluding hydrogens is 170 g/mol. The Morgan fingerprint density at radius 1 is 1.21 bits per heavy atom. The van der Waals surface area contributed by atoms with E-state index < -0.39 is 0 Å². The molecule has 1 aliphatic heterocycles. The third-order valence-corrected chi connectivity index (χ3v) is 3.42. The van der Waals surface area contributed by atoms with Crippen molar-refractivity contribution in [1.82, 2.24) is 5.32 Å². The van der Waals surface area contributed by atoms with E-state index in [9.17, 15) is 0 Å². The maximum Gasteiger partial charge on any atom is 0.0346 e. The molecule has 1 aromatic carbocycles. The SMILES string of the molecule is Cc1ccc([C@@H]2NCC[C@H]2C)cc1C. The molecule has 0 radical (unpaired) electrons. The summed E-state index contributed by atoms with van der Waals surface area (Å²) in [6, 6.07) is 7.41. The van der Waals surface area contributed by atoms with E-state index in [1.165, 1.54) is 29.7 Å². The minimum Gasteiger partial charge on any atom is -0.310 e. The molecule has 1 fully saturated rings. The van der Waals surface area contributed by atoms with E-state index in [1.807, 2.05) is 0 Å². The maximum absolute atomic E-state index is 3.57. The standard InChI is InChI=1S/C13H19N/c1-9-4-5-12(8-11(9)3)13-10(2)6-7-14-13/h4-5,8,10,13-14H,6-7H2,1-3H3/t10-,13-/m1/s1. The van der Waals surface area contributed by atoms with Crippen LogP contribution in [0.2, 0.25) is 0 Å². The first-order chi connectivity index (χ1) is 6.68. The van der Waals surface area contributed by atoms with Gasteiger partial charge in [0.05, 0.1) is 0 Å². The molecule has 1 heterocycles. The lowest BCUT2D eigenvalue weighted by Crippen LogP contribution is -2.16. The van der Waals surface area contributed by atoms with Gasteiger partial charge in [-0.1, -0.05) is 25.1 Å². The molecule has 1 nitrogen and oxygen atoms in total. The van der Waals surface area contributed by atoms with Crippen LogP contribution in [-0.4, -0.2) is 6.54 Å². The second-order valence-electron chi connectivity index (χ2n) is 4.54. The zero-order chi connectivity index (χ0) is 10.1. The van der Waals surface area contributed by atoms with E-state index in [1.54, 1.807) is 0 Å². The van der Waals surface area contributed by atoms with E-state index in [-0.39, 0.29) is 0 Å². The van der Waals surface area contributed by atoms with Gasteiger partial charge in [-0.25, -0.2) is 0 Å². The zero-order valence-electron chi connectivity index (χ0n) is 9.30. The minimum absolute atomic E-state index is 0.578. The summed E-state index contributed by atoms with van der Waals surface area (Å²) in [5, 5.41) is 3.57. The van der Waals surface area contributed by atoms with Crippen LogP contribution in [0.1, 0.15) is 36.1 Å². The summed E-state index contributed by atoms with van der Waals surface area (Å²) < 4.78 is 0. The van der Waals surface area contributed by atoms with Crippen LogP contribution in [0, 0.1) is 19.8 Å². The largest absolute Gasteiger partial charge is 0.310 e. The predicted octanol–water partition coefficient (Wildman–Crippen LogP) is 2.97. The molecule has 1 aromatic rings. The van der Waals surface area contributed by atoms with Gasteiger partial charge in [0.15, 0.2) is 0 Å². The smallest absolute Gasteiger partial charge is 0.0346 e. The van der Waals surface area contributed by atoms with E-state index in [0.29, 0.717) is 6.04 Å². The van der Waals surface area contributed by atoms with Gasteiger partial charge in [0.2, 0.25) is 0 Å². The summed E-state index contributed by atoms with van der Waals surface area (Å²) in [4.78, 5) is 0. The molecule has 2 atom stereocenters. The first-order valence-electron chi connectivity index (χ1n) is 5.49. The zero-order valence-corrected chi connectivity index (χ0v) is 9.30. The quantitative estimate of drug-likeness (QED) is 0.716. The van der Waals surface area contributed by atoms with Crippen LogP contribution in [0.3, 0.4) is 0 Å². The third kappa shape index (κ3) is 1.69. The monoisotopic (exact) mass is 189 g/mol. The van der Waals surface area contributed by atoms with Gasteiger partial charge in [-0.3, -0.25) is 0 Å². The summed E-state index contributed by atoms with van der Waals surface area (Å²) in [6.45, 7) is 7.86. The molecular formula is C13H19N. The Bertz CT molecular complexity index is 330. The molecule has 0 aromatic heterocycles. The Labute approximate surface area is 86.5 Å². The van der Waals surface area contributed by atoms with Crippen LogP contribution in [0.25, 0.3) is 0 Å². The summed E-state index contributed by atoms with van der Waals surface area (Å²) in [6.07, 6.45) is 1.30. The molecule has 1 saturated heterocycles. The molecule has 0 amide bonds. The normalized spacial score (nSPS) is 26.8. The third-order valence-electron chi connectivity index (χ3n) is 3.42. The van der Waals surface area contributed by atoms with Crippen LogP contribution in [0.15, 0.2) is 18.2 Å². The first-order valence-corrected chi connectivity index (χ1v) is 5.49. The Balaban J connectivity index is 2.28. The lowest BCUT2D eigenvalue weighted by molar-refractivity contribution is 0.503. The molecule has 0 bridgehead atoms. The Morgan fingerprint density at radius 2 is 2.00 bits per heavy atom. The van der Waals surface area contributed by atoms with Crippen LogP contribution < -0.4 is 5.32 Å². The van der Waals surface area contributed by atoms with Crippen LogP contribution in [-0.2, 0) is 0 Å². The highest BCUT2D eigenvalue weighted by atomic mass is 14.9. The highest BCUT2D eigenvalue weighted by molar-refractivity contribution is 5.32. The van der Waals surface area contributed by atoms with Crippen molar-refractivity contribution < 1.29 is 0 Å². The second-order valence-corrected chi connectivity index (χ2v) is 4.54. The predicted molar refractivity (Wildman–Crippen MR) is 60.4 cm³/mol. The molecule has 1 heteroatoms. The minimum atomic E-state index is 0.578. The van der Waals surface area contributed by atoms with Gasteiger partial charge in [0.25, 0.3) is 0 Å². The number of hydrogen-bond donors (Lipinski definition) is 1. The number of aryl methyl sites for hydroxylation is 2. The fraction of sp³-hybridized carbons (Fsp3) is 0.538. The summed E-state index contributed by atoms with van der Waals surface area (Å²) in [5.41, 5.74) is 4.25. The first kappa shape index (κ1) is 9.72. The Kier molecular flexibility index (Phi) is 2.60. The molecule has 0 aliphatic carbocycles. The van der Waals surface area contributed by atoms with E-state index >= 15 is 0 Å². The molecule has 1 N–H and O–H groups in total. The van der Waals surface area contributed by atoms with Gasteiger partial charge in [-0.05, 0) is 49.4 Å². The van der Waals surface area contributed by atoms with Crippen molar-refractivity contribution in [1.29, 1.82) is 0 Å². The van der Waals surface area contributed by atoms with Crippen molar-refractivity contribution in [2.45, 2.75) is 33.2 Å². The van der Waals surface area contributed by atoms with Crippen molar-refractivity contribution in [2.24, 2.45) is 5.92 Å². The molecule has 0 spiro atoms. The molecule has 1 aliphatic rings. The average Bonchev–Trinajstić information content (AvgIpc) is 2.57. The van der Waals surface area contributed by atoms with Gasteiger partial charge in [-0.15, -0.1) is 0 Å². The lowest BCUT2D eigenvalue weighted by atomic mass is 9.94. The topological polar surface area (TPSA) is 12.0 Å². The average molecular weight is 189 g/mol. The van der Waals surface area contributed by atoms with Crippen molar-refractivity contribution in [3.8, 4) is 0 Å². The number of hydrogen-bond acceptors (Lipinski definition) is 1. The maximum atomic E-state index is 3.57. The van der Waals surface area contributed by atoms with Gasteiger partial charge in [0, 0.05) is 6.04 Å². The number of rotatable bonds is 1. The van der Waals surface area contributed by atoms with Crippen LogP contribution in [0.5, 0.6) is 0 Å². The molecule has 14 heavy (non-hydrogen) atoms. The van der Waals surface area contributed by atoms with Gasteiger partial charge in [0.1, 0.15) is 0 Å². The fourth-order valence-electron chi connectivity index (χ4n) is 2.24. The van der Waals surface area contributed by atoms with Gasteiger partial charge >= 0.3 is 0 Å². The number of nitrogens with one attached hydrogen (secondary N) is 1. The van der Waals surface area contributed by atoms with E-state index in [4.69, 9.17) is 0 Å². The van der Waals surface area contributed by atoms with E-state index in [2.05, 4.69) is 44.3 Å². The van der Waals surface area contributed by atoms with Crippen molar-refractivity contribution in [3.05, 3.63) is 34.9 Å². The van der Waals surface area contributed by atoms with Crippen LogP contribution >= 0.6 is 0 Å². The molecule has 0 unspecified atom stereocenters. The fourth-order valence-corrected chi connectivity index (χ4v) is 2.24. The lowest BCUT2D eigenvalue weighted by Gasteiger charge is -2.17. The van der Waals surface area contributed by atoms with Crippen molar-refractivity contribution >= 4 is 0 Å². The van der Waals surface area contributed by atoms with Gasteiger partial charge in [-0.2, -0.15) is 0 Å². The highest BCUT2D eigenvalue weighted by Crippen LogP contribution is 2.29. The van der Waals surface area contributed by atoms with E-state index in [0.717, 1.165) is 5.92 Å². The second kappa shape index (κ2) is 3.74. The molecule has 2 rings (SSSR count). The Morgan fingerprint density at radius 3 is 2.57 bits per heavy atom. The van der Waals surface area contributed by atoms with Crippen LogP contribution in [0.4, 0.5) is 0 Å². The summed E-state index contributed by atoms with van der Waals surface area (Å²) in [5.74, 6) is 0.775. The van der Waals surface area contributed by atoms with Crippen molar-refractivity contribution in [3.63, 3.8) is 0 Å². The summed E-state index contributed by atoms with van der Waals surface area (Å²) >= 11 is 0. The highest BCUT2D eigenvalue weighted by Gasteiger charge is 2.23. The van der Waals surface area contributed by atoms with Gasteiger partial charge < -0.3 is 5.32 Å².